The Labute approximate surface area is 111 Å². The second-order valence-electron chi connectivity index (χ2n) is 3.90. The van der Waals surface area contributed by atoms with Crippen molar-refractivity contribution in [3.05, 3.63) is 41.6 Å². The zero-order valence-corrected chi connectivity index (χ0v) is 11.0. The lowest BCUT2D eigenvalue weighted by Gasteiger charge is -2.16. The van der Waals surface area contributed by atoms with E-state index in [4.69, 9.17) is 14.2 Å². The average molecular weight is 261 g/mol. The molecule has 5 heteroatoms. The fourth-order valence-corrected chi connectivity index (χ4v) is 2.02. The fraction of sp³-hybridized carbons (Fsp3) is 0.286. The van der Waals surface area contributed by atoms with Crippen molar-refractivity contribution in [3.8, 4) is 0 Å². The second kappa shape index (κ2) is 5.77. The number of fused-ring (bicyclic) bond motifs is 1. The Morgan fingerprint density at radius 3 is 2.53 bits per heavy atom. The van der Waals surface area contributed by atoms with Crippen LogP contribution in [-0.2, 0) is 14.2 Å². The maximum Gasteiger partial charge on any atom is 0.338 e. The molecule has 0 atom stereocenters. The molecule has 0 fully saturated rings. The monoisotopic (exact) mass is 261 g/mol. The van der Waals surface area contributed by atoms with Crippen molar-refractivity contribution in [2.45, 2.75) is 6.29 Å². The van der Waals surface area contributed by atoms with E-state index in [0.29, 0.717) is 16.5 Å². The number of esters is 1. The third-order valence-electron chi connectivity index (χ3n) is 2.89. The van der Waals surface area contributed by atoms with Crippen LogP contribution in [0.3, 0.4) is 0 Å². The van der Waals surface area contributed by atoms with Gasteiger partial charge in [-0.2, -0.15) is 0 Å². The highest BCUT2D eigenvalue weighted by Gasteiger charge is 2.18. The van der Waals surface area contributed by atoms with Crippen LogP contribution >= 0.6 is 0 Å². The molecule has 5 nitrogen and oxygen atoms in total. The fourth-order valence-electron chi connectivity index (χ4n) is 2.02. The molecule has 1 aromatic carbocycles. The smallest absolute Gasteiger partial charge is 0.338 e. The zero-order valence-electron chi connectivity index (χ0n) is 11.0. The van der Waals surface area contributed by atoms with Crippen LogP contribution < -0.4 is 0 Å². The first-order valence-corrected chi connectivity index (χ1v) is 5.74. The normalized spacial score (nSPS) is 10.9. The van der Waals surface area contributed by atoms with Crippen molar-refractivity contribution in [2.75, 3.05) is 21.3 Å². The number of carbonyl (C=O) groups excluding carboxylic acids is 1. The number of aromatic nitrogens is 1. The average Bonchev–Trinajstić information content (AvgIpc) is 2.47. The molecular formula is C14H15NO4. The summed E-state index contributed by atoms with van der Waals surface area (Å²) in [7, 11) is 4.46. The number of nitrogens with zero attached hydrogens (tertiary/aromatic N) is 1. The Hall–Kier alpha value is -1.98. The Kier molecular flexibility index (Phi) is 4.09. The van der Waals surface area contributed by atoms with E-state index < -0.39 is 12.3 Å². The van der Waals surface area contributed by atoms with Crippen LogP contribution in [0.5, 0.6) is 0 Å². The second-order valence-corrected chi connectivity index (χ2v) is 3.90. The van der Waals surface area contributed by atoms with Gasteiger partial charge in [0.15, 0.2) is 6.29 Å². The summed E-state index contributed by atoms with van der Waals surface area (Å²) >= 11 is 0. The third kappa shape index (κ3) is 2.43. The van der Waals surface area contributed by atoms with E-state index in [9.17, 15) is 4.79 Å². The van der Waals surface area contributed by atoms with Crippen LogP contribution in [0.2, 0.25) is 0 Å². The van der Waals surface area contributed by atoms with E-state index in [1.54, 1.807) is 38.6 Å². The molecule has 0 saturated carbocycles. The highest BCUT2D eigenvalue weighted by Crippen LogP contribution is 2.27. The van der Waals surface area contributed by atoms with Crippen LogP contribution in [-0.4, -0.2) is 32.3 Å². The third-order valence-corrected chi connectivity index (χ3v) is 2.89. The largest absolute Gasteiger partial charge is 0.465 e. The van der Waals surface area contributed by atoms with Gasteiger partial charge in [-0.15, -0.1) is 0 Å². The van der Waals surface area contributed by atoms with E-state index >= 15 is 0 Å². The van der Waals surface area contributed by atoms with Crippen molar-refractivity contribution in [1.29, 1.82) is 0 Å². The van der Waals surface area contributed by atoms with Crippen molar-refractivity contribution in [3.63, 3.8) is 0 Å². The summed E-state index contributed by atoms with van der Waals surface area (Å²) in [6, 6.07) is 7.04. The molecule has 0 aliphatic heterocycles. The van der Waals surface area contributed by atoms with Crippen LogP contribution in [0.4, 0.5) is 0 Å². The molecule has 1 aromatic heterocycles. The summed E-state index contributed by atoms with van der Waals surface area (Å²) in [5.74, 6) is -0.393. The molecule has 2 rings (SSSR count). The van der Waals surface area contributed by atoms with Gasteiger partial charge >= 0.3 is 5.97 Å². The number of hydrogen-bond donors (Lipinski definition) is 0. The molecule has 0 bridgehead atoms. The van der Waals surface area contributed by atoms with Crippen molar-refractivity contribution >= 4 is 16.9 Å². The first-order chi connectivity index (χ1) is 9.22. The topological polar surface area (TPSA) is 57.7 Å². The number of hydrogen-bond acceptors (Lipinski definition) is 5. The maximum atomic E-state index is 11.7. The number of rotatable bonds is 4. The van der Waals surface area contributed by atoms with Crippen LogP contribution in [0, 0.1) is 0 Å². The van der Waals surface area contributed by atoms with E-state index in [-0.39, 0.29) is 0 Å². The van der Waals surface area contributed by atoms with Gasteiger partial charge in [-0.25, -0.2) is 4.79 Å². The van der Waals surface area contributed by atoms with Gasteiger partial charge in [-0.1, -0.05) is 12.1 Å². The highest BCUT2D eigenvalue weighted by molar-refractivity contribution is 6.04. The van der Waals surface area contributed by atoms with Gasteiger partial charge in [-0.05, 0) is 12.1 Å². The first kappa shape index (κ1) is 13.5. The molecule has 0 amide bonds. The first-order valence-electron chi connectivity index (χ1n) is 5.74. The Morgan fingerprint density at radius 1 is 1.16 bits per heavy atom. The zero-order chi connectivity index (χ0) is 13.8. The molecule has 1 heterocycles. The molecule has 0 N–H and O–H groups in total. The lowest BCUT2D eigenvalue weighted by Crippen LogP contribution is -2.08. The SMILES string of the molecule is COC(=O)c1ccc(C(OC)OC)c2ncccc12. The number of benzene rings is 1. The quantitative estimate of drug-likeness (QED) is 0.624. The number of ether oxygens (including phenoxy) is 3. The molecule has 0 aliphatic carbocycles. The molecule has 19 heavy (non-hydrogen) atoms. The molecule has 0 saturated heterocycles. The van der Waals surface area contributed by atoms with Gasteiger partial charge in [0.25, 0.3) is 0 Å². The highest BCUT2D eigenvalue weighted by atomic mass is 16.7. The van der Waals surface area contributed by atoms with Crippen molar-refractivity contribution in [2.24, 2.45) is 0 Å². The van der Waals surface area contributed by atoms with E-state index in [1.165, 1.54) is 7.11 Å². The van der Waals surface area contributed by atoms with E-state index in [1.807, 2.05) is 6.07 Å². The van der Waals surface area contributed by atoms with E-state index in [0.717, 1.165) is 5.56 Å². The van der Waals surface area contributed by atoms with Gasteiger partial charge in [-0.3, -0.25) is 4.98 Å². The van der Waals surface area contributed by atoms with Gasteiger partial charge in [0.1, 0.15) is 0 Å². The minimum atomic E-state index is -0.524. The summed E-state index contributed by atoms with van der Waals surface area (Å²) in [6.07, 6.45) is 1.14. The predicted octanol–water partition coefficient (Wildman–Crippen LogP) is 2.31. The Balaban J connectivity index is 2.68. The molecule has 100 valence electrons. The van der Waals surface area contributed by atoms with Gasteiger partial charge < -0.3 is 14.2 Å². The summed E-state index contributed by atoms with van der Waals surface area (Å²) in [5.41, 5.74) is 1.91. The molecule has 0 spiro atoms. The van der Waals surface area contributed by atoms with Gasteiger partial charge in [0.05, 0.1) is 18.2 Å². The number of methoxy groups -OCH3 is 3. The van der Waals surface area contributed by atoms with Gasteiger partial charge in [0, 0.05) is 31.4 Å². The summed E-state index contributed by atoms with van der Waals surface area (Å²) in [4.78, 5) is 16.0. The van der Waals surface area contributed by atoms with Crippen LogP contribution in [0.15, 0.2) is 30.5 Å². The number of pyridine rings is 1. The van der Waals surface area contributed by atoms with E-state index in [2.05, 4.69) is 4.98 Å². The van der Waals surface area contributed by atoms with Gasteiger partial charge in [0.2, 0.25) is 0 Å². The lowest BCUT2D eigenvalue weighted by atomic mass is 10.0. The van der Waals surface area contributed by atoms with Crippen molar-refractivity contribution in [1.82, 2.24) is 4.98 Å². The summed E-state index contributed by atoms with van der Waals surface area (Å²) < 4.78 is 15.3. The summed E-state index contributed by atoms with van der Waals surface area (Å²) in [5, 5.41) is 0.714. The number of carbonyl (C=O) groups is 1. The molecule has 0 radical (unpaired) electrons. The predicted molar refractivity (Wildman–Crippen MR) is 69.8 cm³/mol. The summed E-state index contributed by atoms with van der Waals surface area (Å²) in [6.45, 7) is 0. The minimum absolute atomic E-state index is 0.393. The Morgan fingerprint density at radius 2 is 1.89 bits per heavy atom. The standard InChI is InChI=1S/C14H15NO4/c1-17-13(16)10-6-7-11(14(18-2)19-3)12-9(10)5-4-8-15-12/h4-8,14H,1-3H3. The Bertz CT molecular complexity index is 593. The van der Waals surface area contributed by atoms with Crippen LogP contribution in [0.25, 0.3) is 10.9 Å². The molecular weight excluding hydrogens is 246 g/mol. The van der Waals surface area contributed by atoms with Crippen LogP contribution in [0.1, 0.15) is 22.2 Å². The minimum Gasteiger partial charge on any atom is -0.465 e. The lowest BCUT2D eigenvalue weighted by molar-refractivity contribution is -0.105. The molecule has 0 aliphatic rings. The maximum absolute atomic E-state index is 11.7. The molecule has 2 aromatic rings. The molecule has 0 unspecified atom stereocenters. The van der Waals surface area contributed by atoms with Crippen molar-refractivity contribution < 1.29 is 19.0 Å².